The first-order valence-corrected chi connectivity index (χ1v) is 5.20. The zero-order chi connectivity index (χ0) is 9.80. The summed E-state index contributed by atoms with van der Waals surface area (Å²) in [6.07, 6.45) is 9.81. The zero-order valence-corrected chi connectivity index (χ0v) is 8.53. The molecule has 1 aliphatic carbocycles. The van der Waals surface area contributed by atoms with Crippen LogP contribution in [0.4, 0.5) is 0 Å². The van der Waals surface area contributed by atoms with Gasteiger partial charge in [-0.15, -0.1) is 0 Å². The number of pyridine rings is 1. The predicted octanol–water partition coefficient (Wildman–Crippen LogP) is 3.60. The number of aromatic nitrogens is 1. The van der Waals surface area contributed by atoms with Crippen molar-refractivity contribution in [2.45, 2.75) is 26.2 Å². The van der Waals surface area contributed by atoms with Gasteiger partial charge in [0.2, 0.25) is 0 Å². The van der Waals surface area contributed by atoms with E-state index < -0.39 is 0 Å². The summed E-state index contributed by atoms with van der Waals surface area (Å²) in [5.41, 5.74) is 4.03. The lowest BCUT2D eigenvalue weighted by Crippen LogP contribution is -1.94. The Balaban J connectivity index is 2.22. The highest BCUT2D eigenvalue weighted by Crippen LogP contribution is 2.26. The van der Waals surface area contributed by atoms with Gasteiger partial charge in [-0.3, -0.25) is 4.98 Å². The van der Waals surface area contributed by atoms with Crippen molar-refractivity contribution < 1.29 is 0 Å². The normalized spacial score (nSPS) is 16.1. The van der Waals surface area contributed by atoms with Crippen LogP contribution in [0.25, 0.3) is 5.57 Å². The summed E-state index contributed by atoms with van der Waals surface area (Å²) in [5, 5.41) is 0. The van der Waals surface area contributed by atoms with Crippen molar-refractivity contribution in [2.75, 3.05) is 0 Å². The number of allylic oxidation sites excluding steroid dienone is 4. The molecule has 1 nitrogen and oxygen atoms in total. The first-order valence-electron chi connectivity index (χ1n) is 5.20. The fourth-order valence-corrected chi connectivity index (χ4v) is 1.74. The van der Waals surface area contributed by atoms with Crippen LogP contribution in [0.2, 0.25) is 0 Å². The molecule has 0 bridgehead atoms. The molecule has 0 saturated carbocycles. The topological polar surface area (TPSA) is 12.9 Å². The molecule has 1 heteroatoms. The third-order valence-electron chi connectivity index (χ3n) is 2.68. The molecule has 0 radical (unpaired) electrons. The van der Waals surface area contributed by atoms with Crippen LogP contribution in [-0.4, -0.2) is 4.98 Å². The van der Waals surface area contributed by atoms with Crippen molar-refractivity contribution in [3.63, 3.8) is 0 Å². The molecule has 0 atom stereocenters. The van der Waals surface area contributed by atoms with Gasteiger partial charge in [-0.1, -0.05) is 30.7 Å². The molecule has 1 aliphatic rings. The highest BCUT2D eigenvalue weighted by molar-refractivity contribution is 5.65. The number of hydrogen-bond donors (Lipinski definition) is 0. The van der Waals surface area contributed by atoms with Crippen LogP contribution >= 0.6 is 0 Å². The summed E-state index contributed by atoms with van der Waals surface area (Å²) >= 11 is 0. The highest BCUT2D eigenvalue weighted by Gasteiger charge is 2.07. The van der Waals surface area contributed by atoms with E-state index in [-0.39, 0.29) is 0 Å². The molecule has 0 aromatic carbocycles. The van der Waals surface area contributed by atoms with Gasteiger partial charge in [-0.2, -0.15) is 0 Å². The third kappa shape index (κ3) is 1.92. The monoisotopic (exact) mass is 185 g/mol. The molecule has 2 rings (SSSR count). The Kier molecular flexibility index (Phi) is 2.78. The fraction of sp³-hybridized carbons (Fsp3) is 0.308. The van der Waals surface area contributed by atoms with E-state index in [9.17, 15) is 0 Å². The van der Waals surface area contributed by atoms with Gasteiger partial charge in [-0.05, 0) is 37.0 Å². The molecule has 1 aromatic heterocycles. The second-order valence-electron chi connectivity index (χ2n) is 3.59. The summed E-state index contributed by atoms with van der Waals surface area (Å²) in [6, 6.07) is 6.08. The summed E-state index contributed by atoms with van der Waals surface area (Å²) in [7, 11) is 0. The Hall–Kier alpha value is -1.37. The molecule has 0 saturated heterocycles. The average molecular weight is 185 g/mol. The molecule has 0 spiro atoms. The molecular formula is C13H15N. The maximum atomic E-state index is 4.36. The lowest BCUT2D eigenvalue weighted by molar-refractivity contribution is 0.902. The number of hydrogen-bond acceptors (Lipinski definition) is 1. The summed E-state index contributed by atoms with van der Waals surface area (Å²) in [4.78, 5) is 4.36. The van der Waals surface area contributed by atoms with Gasteiger partial charge in [0, 0.05) is 6.20 Å². The Labute approximate surface area is 85.2 Å². The Morgan fingerprint density at radius 3 is 2.71 bits per heavy atom. The molecule has 14 heavy (non-hydrogen) atoms. The van der Waals surface area contributed by atoms with Crippen molar-refractivity contribution in [3.8, 4) is 0 Å². The minimum absolute atomic E-state index is 1.12. The molecule has 0 fully saturated rings. The quantitative estimate of drug-likeness (QED) is 0.686. The minimum Gasteiger partial charge on any atom is -0.257 e. The van der Waals surface area contributed by atoms with Crippen molar-refractivity contribution in [3.05, 3.63) is 47.8 Å². The molecule has 0 aliphatic heterocycles. The Morgan fingerprint density at radius 2 is 2.14 bits per heavy atom. The van der Waals surface area contributed by atoms with Gasteiger partial charge >= 0.3 is 0 Å². The van der Waals surface area contributed by atoms with E-state index >= 15 is 0 Å². The van der Waals surface area contributed by atoms with Crippen LogP contribution in [0.5, 0.6) is 0 Å². The molecule has 1 aromatic rings. The molecule has 1 heterocycles. The van der Waals surface area contributed by atoms with Crippen LogP contribution in [-0.2, 0) is 0 Å². The van der Waals surface area contributed by atoms with E-state index in [1.807, 2.05) is 18.3 Å². The second kappa shape index (κ2) is 4.23. The highest BCUT2D eigenvalue weighted by atomic mass is 14.7. The van der Waals surface area contributed by atoms with Gasteiger partial charge in [0.15, 0.2) is 0 Å². The molecule has 72 valence electrons. The van der Waals surface area contributed by atoms with E-state index in [1.54, 1.807) is 5.57 Å². The predicted molar refractivity (Wildman–Crippen MR) is 59.8 cm³/mol. The summed E-state index contributed by atoms with van der Waals surface area (Å²) in [6.45, 7) is 2.21. The first kappa shape index (κ1) is 9.20. The van der Waals surface area contributed by atoms with E-state index in [0.717, 1.165) is 12.1 Å². The van der Waals surface area contributed by atoms with E-state index in [2.05, 4.69) is 30.1 Å². The van der Waals surface area contributed by atoms with Crippen molar-refractivity contribution >= 4 is 5.57 Å². The van der Waals surface area contributed by atoms with Gasteiger partial charge in [0.1, 0.15) is 0 Å². The van der Waals surface area contributed by atoms with Gasteiger partial charge in [0.05, 0.1) is 5.69 Å². The lowest BCUT2D eigenvalue weighted by Gasteiger charge is -2.12. The van der Waals surface area contributed by atoms with Gasteiger partial charge in [-0.25, -0.2) is 0 Å². The van der Waals surface area contributed by atoms with Gasteiger partial charge in [0.25, 0.3) is 0 Å². The number of nitrogens with zero attached hydrogens (tertiary/aromatic N) is 1. The molecule has 0 N–H and O–H groups in total. The van der Waals surface area contributed by atoms with E-state index in [4.69, 9.17) is 0 Å². The van der Waals surface area contributed by atoms with Crippen LogP contribution in [0.15, 0.2) is 42.1 Å². The standard InChI is InChI=1S/C13H15N/c1-2-11-6-8-12(9-7-11)13-5-3-4-10-14-13/h3-6,8,10H,2,7,9H2,1H3. The Bertz CT molecular complexity index is 360. The van der Waals surface area contributed by atoms with Crippen LogP contribution in [0.3, 0.4) is 0 Å². The number of rotatable bonds is 2. The van der Waals surface area contributed by atoms with Crippen LogP contribution in [0, 0.1) is 0 Å². The first-order chi connectivity index (χ1) is 6.90. The van der Waals surface area contributed by atoms with E-state index in [0.29, 0.717) is 0 Å². The second-order valence-corrected chi connectivity index (χ2v) is 3.59. The fourth-order valence-electron chi connectivity index (χ4n) is 1.74. The average Bonchev–Trinajstić information content (AvgIpc) is 2.30. The maximum Gasteiger partial charge on any atom is 0.0661 e. The summed E-state index contributed by atoms with van der Waals surface area (Å²) < 4.78 is 0. The van der Waals surface area contributed by atoms with Crippen LogP contribution in [0.1, 0.15) is 31.9 Å². The largest absolute Gasteiger partial charge is 0.257 e. The molecular weight excluding hydrogens is 170 g/mol. The molecule has 0 amide bonds. The van der Waals surface area contributed by atoms with Crippen molar-refractivity contribution in [2.24, 2.45) is 0 Å². The smallest absolute Gasteiger partial charge is 0.0661 e. The minimum atomic E-state index is 1.12. The molecule has 0 unspecified atom stereocenters. The zero-order valence-electron chi connectivity index (χ0n) is 8.53. The SMILES string of the molecule is CCC1=CC=C(c2ccccn2)CC1. The Morgan fingerprint density at radius 1 is 1.21 bits per heavy atom. The summed E-state index contributed by atoms with van der Waals surface area (Å²) in [5.74, 6) is 0. The van der Waals surface area contributed by atoms with Crippen molar-refractivity contribution in [1.82, 2.24) is 4.98 Å². The lowest BCUT2D eigenvalue weighted by atomic mass is 9.95. The maximum absolute atomic E-state index is 4.36. The third-order valence-corrected chi connectivity index (χ3v) is 2.68. The van der Waals surface area contributed by atoms with Gasteiger partial charge < -0.3 is 0 Å². The van der Waals surface area contributed by atoms with Crippen LogP contribution < -0.4 is 0 Å². The van der Waals surface area contributed by atoms with E-state index in [1.165, 1.54) is 18.4 Å². The van der Waals surface area contributed by atoms with Crippen molar-refractivity contribution in [1.29, 1.82) is 0 Å².